The first-order chi connectivity index (χ1) is 13.5. The first-order valence-electron chi connectivity index (χ1n) is 9.17. The van der Waals surface area contributed by atoms with E-state index in [0.717, 1.165) is 5.69 Å². The molecule has 2 amide bonds. The van der Waals surface area contributed by atoms with Crippen LogP contribution in [0.1, 0.15) is 34.6 Å². The molecule has 0 unspecified atom stereocenters. The van der Waals surface area contributed by atoms with Gasteiger partial charge in [0.25, 0.3) is 11.8 Å². The molecule has 0 spiro atoms. The third-order valence-corrected chi connectivity index (χ3v) is 4.85. The molecule has 0 aliphatic carbocycles. The summed E-state index contributed by atoms with van der Waals surface area (Å²) in [5, 5.41) is 3.14. The van der Waals surface area contributed by atoms with Crippen molar-refractivity contribution in [3.05, 3.63) is 83.1 Å². The fourth-order valence-electron chi connectivity index (χ4n) is 2.94. The minimum Gasteiger partial charge on any atom is -0.339 e. The number of carbonyl (C=O) groups is 2. The van der Waals surface area contributed by atoms with Crippen molar-refractivity contribution in [3.8, 4) is 5.69 Å². The highest BCUT2D eigenvalue weighted by Crippen LogP contribution is 2.23. The molecule has 0 atom stereocenters. The van der Waals surface area contributed by atoms with Gasteiger partial charge in [-0.2, -0.15) is 0 Å². The normalized spacial score (nSPS) is 10.5. The largest absolute Gasteiger partial charge is 0.339 e. The van der Waals surface area contributed by atoms with E-state index in [1.54, 1.807) is 35.2 Å². The van der Waals surface area contributed by atoms with Crippen molar-refractivity contribution < 1.29 is 9.59 Å². The lowest BCUT2D eigenvalue weighted by Gasteiger charge is -2.19. The van der Waals surface area contributed by atoms with Gasteiger partial charge in [0.2, 0.25) is 0 Å². The zero-order valence-electron chi connectivity index (χ0n) is 15.9. The number of anilines is 1. The predicted molar refractivity (Wildman–Crippen MR) is 112 cm³/mol. The molecule has 5 nitrogen and oxygen atoms in total. The SMILES string of the molecule is CCN(CC)C(=O)c1ccc(NC(=O)c2ccc(-n3cccc3)cc2)cc1Cl. The Balaban J connectivity index is 1.72. The van der Waals surface area contributed by atoms with Gasteiger partial charge in [0.15, 0.2) is 0 Å². The fourth-order valence-corrected chi connectivity index (χ4v) is 3.20. The molecule has 0 aliphatic rings. The molecule has 1 N–H and O–H groups in total. The molecular formula is C22H22ClN3O2. The third-order valence-electron chi connectivity index (χ3n) is 4.54. The second-order valence-corrected chi connectivity index (χ2v) is 6.67. The number of benzene rings is 2. The van der Waals surface area contributed by atoms with Gasteiger partial charge in [-0.25, -0.2) is 0 Å². The molecule has 6 heteroatoms. The molecule has 28 heavy (non-hydrogen) atoms. The molecule has 0 saturated heterocycles. The Morgan fingerprint density at radius 3 is 2.21 bits per heavy atom. The molecule has 144 valence electrons. The molecule has 1 aromatic heterocycles. The molecule has 0 fully saturated rings. The molecule has 0 aliphatic heterocycles. The van der Waals surface area contributed by atoms with Gasteiger partial charge in [0.05, 0.1) is 10.6 Å². The number of nitrogens with zero attached hydrogens (tertiary/aromatic N) is 2. The lowest BCUT2D eigenvalue weighted by molar-refractivity contribution is 0.0773. The van der Waals surface area contributed by atoms with Gasteiger partial charge >= 0.3 is 0 Å². The average molecular weight is 396 g/mol. The van der Waals surface area contributed by atoms with Crippen LogP contribution >= 0.6 is 11.6 Å². The number of carbonyl (C=O) groups excluding carboxylic acids is 2. The summed E-state index contributed by atoms with van der Waals surface area (Å²) >= 11 is 6.29. The van der Waals surface area contributed by atoms with Gasteiger partial charge in [-0.15, -0.1) is 0 Å². The number of nitrogens with one attached hydrogen (secondary N) is 1. The minimum absolute atomic E-state index is 0.117. The molecule has 0 saturated carbocycles. The zero-order chi connectivity index (χ0) is 20.1. The van der Waals surface area contributed by atoms with Crippen LogP contribution in [0.4, 0.5) is 5.69 Å². The van der Waals surface area contributed by atoms with E-state index in [-0.39, 0.29) is 11.8 Å². The number of halogens is 1. The summed E-state index contributed by atoms with van der Waals surface area (Å²) in [7, 11) is 0. The van der Waals surface area contributed by atoms with Crippen molar-refractivity contribution in [2.24, 2.45) is 0 Å². The second-order valence-electron chi connectivity index (χ2n) is 6.26. The quantitative estimate of drug-likeness (QED) is 0.647. The Morgan fingerprint density at radius 2 is 1.64 bits per heavy atom. The van der Waals surface area contributed by atoms with E-state index in [2.05, 4.69) is 5.32 Å². The van der Waals surface area contributed by atoms with Crippen LogP contribution in [0.3, 0.4) is 0 Å². The van der Waals surface area contributed by atoms with E-state index in [1.165, 1.54) is 0 Å². The predicted octanol–water partition coefficient (Wildman–Crippen LogP) is 4.87. The average Bonchev–Trinajstić information content (AvgIpc) is 3.24. The maximum atomic E-state index is 12.5. The highest BCUT2D eigenvalue weighted by atomic mass is 35.5. The van der Waals surface area contributed by atoms with Gasteiger partial charge in [0.1, 0.15) is 0 Å². The van der Waals surface area contributed by atoms with Crippen molar-refractivity contribution in [1.82, 2.24) is 9.47 Å². The Bertz CT molecular complexity index is 962. The van der Waals surface area contributed by atoms with Crippen molar-refractivity contribution >= 4 is 29.1 Å². The minimum atomic E-state index is -0.238. The van der Waals surface area contributed by atoms with Crippen LogP contribution in [-0.4, -0.2) is 34.4 Å². The van der Waals surface area contributed by atoms with E-state index in [9.17, 15) is 9.59 Å². The molecule has 3 aromatic rings. The Morgan fingerprint density at radius 1 is 1.00 bits per heavy atom. The Labute approximate surface area is 169 Å². The van der Waals surface area contributed by atoms with Gasteiger partial charge in [-0.3, -0.25) is 9.59 Å². The van der Waals surface area contributed by atoms with Crippen molar-refractivity contribution in [1.29, 1.82) is 0 Å². The summed E-state index contributed by atoms with van der Waals surface area (Å²) in [6.45, 7) is 5.07. The highest BCUT2D eigenvalue weighted by Gasteiger charge is 2.16. The number of hydrogen-bond acceptors (Lipinski definition) is 2. The van der Waals surface area contributed by atoms with Crippen molar-refractivity contribution in [3.63, 3.8) is 0 Å². The van der Waals surface area contributed by atoms with E-state index >= 15 is 0 Å². The number of aromatic nitrogens is 1. The van der Waals surface area contributed by atoms with Crippen LogP contribution in [0.15, 0.2) is 67.0 Å². The summed E-state index contributed by atoms with van der Waals surface area (Å²) in [5.74, 6) is -0.355. The lowest BCUT2D eigenvalue weighted by Crippen LogP contribution is -2.30. The van der Waals surface area contributed by atoms with Gasteiger partial charge < -0.3 is 14.8 Å². The molecule has 3 rings (SSSR count). The summed E-state index contributed by atoms with van der Waals surface area (Å²) in [6, 6.07) is 16.1. The smallest absolute Gasteiger partial charge is 0.255 e. The number of rotatable bonds is 6. The Hall–Kier alpha value is -3.05. The van der Waals surface area contributed by atoms with Crippen LogP contribution in [0.25, 0.3) is 5.69 Å². The van der Waals surface area contributed by atoms with Crippen molar-refractivity contribution in [2.45, 2.75) is 13.8 Å². The van der Waals surface area contributed by atoms with Crippen molar-refractivity contribution in [2.75, 3.05) is 18.4 Å². The van der Waals surface area contributed by atoms with Crippen LogP contribution in [0, 0.1) is 0 Å². The standard InChI is InChI=1S/C22H22ClN3O2/c1-3-25(4-2)22(28)19-12-9-17(15-20(19)23)24-21(27)16-7-10-18(11-8-16)26-13-5-6-14-26/h5-15H,3-4H2,1-2H3,(H,24,27). The van der Waals surface area contributed by atoms with Gasteiger partial charge in [-0.05, 0) is 68.4 Å². The summed E-state index contributed by atoms with van der Waals surface area (Å²) in [6.07, 6.45) is 3.89. The second kappa shape index (κ2) is 8.76. The maximum Gasteiger partial charge on any atom is 0.255 e. The third kappa shape index (κ3) is 4.26. The first kappa shape index (κ1) is 19.7. The van der Waals surface area contributed by atoms with E-state index in [4.69, 9.17) is 11.6 Å². The molecule has 2 aromatic carbocycles. The van der Waals surface area contributed by atoms with Crippen LogP contribution < -0.4 is 5.32 Å². The van der Waals surface area contributed by atoms with Crippen LogP contribution in [-0.2, 0) is 0 Å². The first-order valence-corrected chi connectivity index (χ1v) is 9.54. The zero-order valence-corrected chi connectivity index (χ0v) is 16.6. The van der Waals surface area contributed by atoms with E-state index in [1.807, 2.05) is 55.1 Å². The summed E-state index contributed by atoms with van der Waals surface area (Å²) in [4.78, 5) is 26.7. The topological polar surface area (TPSA) is 54.3 Å². The van der Waals surface area contributed by atoms with Gasteiger partial charge in [-0.1, -0.05) is 11.6 Å². The van der Waals surface area contributed by atoms with Crippen LogP contribution in [0.5, 0.6) is 0 Å². The monoisotopic (exact) mass is 395 g/mol. The molecular weight excluding hydrogens is 374 g/mol. The maximum absolute atomic E-state index is 12.5. The van der Waals surface area contributed by atoms with E-state index < -0.39 is 0 Å². The summed E-state index contributed by atoms with van der Waals surface area (Å²) < 4.78 is 1.97. The molecule has 0 bridgehead atoms. The highest BCUT2D eigenvalue weighted by molar-refractivity contribution is 6.34. The molecule has 1 heterocycles. The molecule has 0 radical (unpaired) electrons. The van der Waals surface area contributed by atoms with E-state index in [0.29, 0.717) is 34.9 Å². The summed E-state index contributed by atoms with van der Waals surface area (Å²) in [5.41, 5.74) is 2.49. The van der Waals surface area contributed by atoms with Gasteiger partial charge in [0, 0.05) is 42.4 Å². The lowest BCUT2D eigenvalue weighted by atomic mass is 10.1. The van der Waals surface area contributed by atoms with Crippen LogP contribution in [0.2, 0.25) is 5.02 Å². The number of amides is 2. The number of hydrogen-bond donors (Lipinski definition) is 1. The Kier molecular flexibility index (Phi) is 6.16. The fraction of sp³-hybridized carbons (Fsp3) is 0.182.